The van der Waals surface area contributed by atoms with E-state index in [9.17, 15) is 13.7 Å². The van der Waals surface area contributed by atoms with Crippen LogP contribution in [-0.4, -0.2) is 42.3 Å². The van der Waals surface area contributed by atoms with E-state index >= 15 is 0 Å². The highest BCUT2D eigenvalue weighted by atomic mass is 32.2. The van der Waals surface area contributed by atoms with Crippen LogP contribution in [0.5, 0.6) is 0 Å². The largest absolute Gasteiger partial charge is 0.322 e. The summed E-state index contributed by atoms with van der Waals surface area (Å²) in [5, 5.41) is 9.39. The van der Waals surface area contributed by atoms with Gasteiger partial charge in [-0.25, -0.2) is 8.42 Å². The minimum absolute atomic E-state index is 0.0459. The Bertz CT molecular complexity index is 817. The topological polar surface area (TPSA) is 65.6 Å². The van der Waals surface area contributed by atoms with Crippen LogP contribution in [0, 0.1) is 11.3 Å². The second-order valence-corrected chi connectivity index (χ2v) is 7.83. The van der Waals surface area contributed by atoms with Gasteiger partial charge in [-0.05, 0) is 25.6 Å². The lowest BCUT2D eigenvalue weighted by molar-refractivity contribution is 0.254. The van der Waals surface area contributed by atoms with Gasteiger partial charge in [0.1, 0.15) is 6.07 Å². The van der Waals surface area contributed by atoms with Crippen molar-refractivity contribution in [2.75, 3.05) is 18.6 Å². The van der Waals surface area contributed by atoms with Crippen LogP contribution in [0.25, 0.3) is 5.52 Å². The number of aromatic nitrogens is 1. The summed E-state index contributed by atoms with van der Waals surface area (Å²) < 4.78 is 25.1. The fourth-order valence-corrected chi connectivity index (χ4v) is 4.75. The predicted octanol–water partition coefficient (Wildman–Crippen LogP) is 1.43. The Morgan fingerprint density at radius 1 is 1.48 bits per heavy atom. The predicted molar refractivity (Wildman–Crippen MR) is 80.6 cm³/mol. The molecule has 1 saturated heterocycles. The number of rotatable bonds is 3. The quantitative estimate of drug-likeness (QED) is 0.860. The molecule has 1 aliphatic rings. The van der Waals surface area contributed by atoms with E-state index in [0.717, 1.165) is 11.1 Å². The molecule has 0 bridgehead atoms. The lowest BCUT2D eigenvalue weighted by Crippen LogP contribution is -2.32. The fourth-order valence-electron chi connectivity index (χ4n) is 2.95. The maximum Gasteiger partial charge on any atom is 0.151 e. The van der Waals surface area contributed by atoms with E-state index in [2.05, 4.69) is 6.07 Å². The van der Waals surface area contributed by atoms with E-state index in [1.54, 1.807) is 0 Å². The summed E-state index contributed by atoms with van der Waals surface area (Å²) >= 11 is 0. The summed E-state index contributed by atoms with van der Waals surface area (Å²) in [6.07, 6.45) is 4.54. The smallest absolute Gasteiger partial charge is 0.151 e. The Labute approximate surface area is 124 Å². The molecule has 5 nitrogen and oxygen atoms in total. The monoisotopic (exact) mass is 303 g/mol. The van der Waals surface area contributed by atoms with Crippen molar-refractivity contribution >= 4 is 15.4 Å². The van der Waals surface area contributed by atoms with Crippen molar-refractivity contribution < 1.29 is 8.42 Å². The van der Waals surface area contributed by atoms with Crippen molar-refractivity contribution in [1.29, 1.82) is 5.26 Å². The van der Waals surface area contributed by atoms with Gasteiger partial charge in [0, 0.05) is 30.5 Å². The van der Waals surface area contributed by atoms with Crippen LogP contribution in [0.15, 0.2) is 30.6 Å². The Hall–Kier alpha value is -1.84. The van der Waals surface area contributed by atoms with E-state index in [4.69, 9.17) is 0 Å². The Kier molecular flexibility index (Phi) is 3.47. The lowest BCUT2D eigenvalue weighted by Gasteiger charge is -2.22. The molecule has 0 N–H and O–H groups in total. The van der Waals surface area contributed by atoms with E-state index in [0.29, 0.717) is 18.5 Å². The molecule has 6 heteroatoms. The summed E-state index contributed by atoms with van der Waals surface area (Å²) in [4.78, 5) is 2.04. The molecule has 1 fully saturated rings. The van der Waals surface area contributed by atoms with Crippen molar-refractivity contribution in [3.05, 3.63) is 41.7 Å². The zero-order valence-electron chi connectivity index (χ0n) is 11.9. The molecular weight excluding hydrogens is 286 g/mol. The third-order valence-electron chi connectivity index (χ3n) is 4.13. The minimum atomic E-state index is -2.88. The van der Waals surface area contributed by atoms with Gasteiger partial charge in [0.25, 0.3) is 0 Å². The summed E-state index contributed by atoms with van der Waals surface area (Å²) in [5.41, 5.74) is 2.50. The molecule has 0 radical (unpaired) electrons. The van der Waals surface area contributed by atoms with Crippen molar-refractivity contribution in [1.82, 2.24) is 9.30 Å². The van der Waals surface area contributed by atoms with E-state index < -0.39 is 9.84 Å². The maximum atomic E-state index is 11.6. The molecule has 21 heavy (non-hydrogen) atoms. The highest BCUT2D eigenvalue weighted by Crippen LogP contribution is 2.22. The van der Waals surface area contributed by atoms with Gasteiger partial charge in [0.05, 0.1) is 22.6 Å². The van der Waals surface area contributed by atoms with Crippen LogP contribution in [0.1, 0.15) is 17.5 Å². The third-order valence-corrected chi connectivity index (χ3v) is 5.88. The second kappa shape index (κ2) is 5.17. The number of sulfone groups is 1. The van der Waals surface area contributed by atoms with Crippen LogP contribution in [0.3, 0.4) is 0 Å². The Morgan fingerprint density at radius 3 is 2.95 bits per heavy atom. The first-order chi connectivity index (χ1) is 10.00. The summed E-state index contributed by atoms with van der Waals surface area (Å²) in [6.45, 7) is 0.588. The molecule has 0 spiro atoms. The number of nitriles is 1. The molecule has 0 unspecified atom stereocenters. The molecule has 0 aromatic carbocycles. The maximum absolute atomic E-state index is 11.6. The van der Waals surface area contributed by atoms with Gasteiger partial charge in [0.15, 0.2) is 9.84 Å². The number of hydrogen-bond acceptors (Lipinski definition) is 4. The molecule has 2 aromatic rings. The molecule has 1 atom stereocenters. The van der Waals surface area contributed by atoms with Crippen LogP contribution in [0.4, 0.5) is 0 Å². The van der Waals surface area contributed by atoms with Crippen LogP contribution >= 0.6 is 0 Å². The van der Waals surface area contributed by atoms with E-state index in [1.165, 1.54) is 0 Å². The second-order valence-electron chi connectivity index (χ2n) is 5.61. The molecule has 3 rings (SSSR count). The zero-order valence-corrected chi connectivity index (χ0v) is 12.7. The van der Waals surface area contributed by atoms with Gasteiger partial charge >= 0.3 is 0 Å². The van der Waals surface area contributed by atoms with Crippen molar-refractivity contribution in [2.45, 2.75) is 19.0 Å². The minimum Gasteiger partial charge on any atom is -0.322 e. The normalized spacial score (nSPS) is 20.9. The van der Waals surface area contributed by atoms with E-state index in [1.807, 2.05) is 46.9 Å². The highest BCUT2D eigenvalue weighted by Gasteiger charge is 2.31. The lowest BCUT2D eigenvalue weighted by atomic mass is 10.1. The Balaban J connectivity index is 1.87. The molecule has 0 aliphatic carbocycles. The van der Waals surface area contributed by atoms with Gasteiger partial charge in [-0.2, -0.15) is 5.26 Å². The first kappa shape index (κ1) is 14.1. The SMILES string of the molecule is CN(Cc1cn2ccccc2c1C#N)[C@H]1CCS(=O)(=O)C1. The van der Waals surface area contributed by atoms with Gasteiger partial charge < -0.3 is 4.40 Å². The zero-order chi connectivity index (χ0) is 15.0. The number of hydrogen-bond donors (Lipinski definition) is 0. The highest BCUT2D eigenvalue weighted by molar-refractivity contribution is 7.91. The average Bonchev–Trinajstić information content (AvgIpc) is 2.98. The summed E-state index contributed by atoms with van der Waals surface area (Å²) in [7, 11) is -0.959. The van der Waals surface area contributed by atoms with Gasteiger partial charge in [-0.3, -0.25) is 4.90 Å². The number of nitrogens with zero attached hydrogens (tertiary/aromatic N) is 3. The molecule has 0 saturated carbocycles. The van der Waals surface area contributed by atoms with Crippen molar-refractivity contribution in [3.63, 3.8) is 0 Å². The summed E-state index contributed by atoms with van der Waals surface area (Å²) in [6, 6.07) is 8.06. The third kappa shape index (κ3) is 2.67. The average molecular weight is 303 g/mol. The van der Waals surface area contributed by atoms with Gasteiger partial charge in [0.2, 0.25) is 0 Å². The first-order valence-electron chi connectivity index (χ1n) is 6.89. The number of fused-ring (bicyclic) bond motifs is 1. The standard InChI is InChI=1S/C15H17N3O2S/c1-17(13-5-7-21(19,20)11-13)9-12-10-18-6-3-2-4-15(18)14(12)8-16/h2-4,6,10,13H,5,7,9,11H2,1H3/t13-/m0/s1. The fraction of sp³-hybridized carbons (Fsp3) is 0.400. The first-order valence-corrected chi connectivity index (χ1v) is 8.71. The van der Waals surface area contributed by atoms with Crippen molar-refractivity contribution in [2.24, 2.45) is 0 Å². The molecular formula is C15H17N3O2S. The molecule has 0 amide bonds. The molecule has 3 heterocycles. The molecule has 110 valence electrons. The Morgan fingerprint density at radius 2 is 2.29 bits per heavy atom. The van der Waals surface area contributed by atoms with Crippen LogP contribution < -0.4 is 0 Å². The van der Waals surface area contributed by atoms with Gasteiger partial charge in [-0.15, -0.1) is 0 Å². The molecule has 1 aliphatic heterocycles. The number of pyridine rings is 1. The summed E-state index contributed by atoms with van der Waals surface area (Å²) in [5.74, 6) is 0.490. The van der Waals surface area contributed by atoms with Gasteiger partial charge in [-0.1, -0.05) is 6.07 Å². The van der Waals surface area contributed by atoms with Crippen LogP contribution in [0.2, 0.25) is 0 Å². The van der Waals surface area contributed by atoms with Crippen LogP contribution in [-0.2, 0) is 16.4 Å². The van der Waals surface area contributed by atoms with Crippen molar-refractivity contribution in [3.8, 4) is 6.07 Å². The van der Waals surface area contributed by atoms with E-state index in [-0.39, 0.29) is 17.5 Å². The molecule has 2 aromatic heterocycles.